The van der Waals surface area contributed by atoms with Gasteiger partial charge in [0.1, 0.15) is 5.82 Å². The van der Waals surface area contributed by atoms with Gasteiger partial charge < -0.3 is 9.55 Å². The molecule has 0 saturated heterocycles. The Labute approximate surface area is 196 Å². The first-order valence-corrected chi connectivity index (χ1v) is 11.4. The molecule has 5 heteroatoms. The van der Waals surface area contributed by atoms with Gasteiger partial charge in [0.15, 0.2) is 0 Å². The summed E-state index contributed by atoms with van der Waals surface area (Å²) in [4.78, 5) is 18.2. The number of hydrogen-bond acceptors (Lipinski definition) is 3. The van der Waals surface area contributed by atoms with Crippen LogP contribution < -0.4 is 0 Å². The lowest BCUT2D eigenvalue weighted by Crippen LogP contribution is -1.94. The van der Waals surface area contributed by atoms with Gasteiger partial charge in [0.05, 0.1) is 34.4 Å². The lowest BCUT2D eigenvalue weighted by Gasteiger charge is -2.08. The molecule has 7 rings (SSSR count). The van der Waals surface area contributed by atoms with Gasteiger partial charge in [0.25, 0.3) is 0 Å². The maximum Gasteiger partial charge on any atom is 0.141 e. The molecule has 1 aliphatic rings. The molecule has 5 nitrogen and oxygen atoms in total. The summed E-state index contributed by atoms with van der Waals surface area (Å²) in [5.74, 6) is 0.864. The highest BCUT2D eigenvalue weighted by atomic mass is 15.0. The zero-order valence-electron chi connectivity index (χ0n) is 18.7. The van der Waals surface area contributed by atoms with Crippen LogP contribution in [0.3, 0.4) is 0 Å². The van der Waals surface area contributed by atoms with Crippen LogP contribution in [-0.2, 0) is 13.6 Å². The molecule has 1 N–H and O–H groups in total. The second kappa shape index (κ2) is 7.25. The maximum atomic E-state index is 5.22. The first-order valence-electron chi connectivity index (χ1n) is 11.4. The number of nitrogens with zero attached hydrogens (tertiary/aromatic N) is 4. The molecule has 0 radical (unpaired) electrons. The first-order chi connectivity index (χ1) is 16.8. The van der Waals surface area contributed by atoms with Crippen molar-refractivity contribution in [3.8, 4) is 22.6 Å². The van der Waals surface area contributed by atoms with Crippen molar-refractivity contribution < 1.29 is 0 Å². The number of aliphatic imine (C=N–C) groups is 1. The number of pyridine rings is 1. The largest absolute Gasteiger partial charge is 0.343 e. The number of aryl methyl sites for hydroxylation is 1. The number of aromatic nitrogens is 4. The molecule has 1 aliphatic heterocycles. The quantitative estimate of drug-likeness (QED) is 0.333. The number of aromatic amines is 1. The van der Waals surface area contributed by atoms with Crippen LogP contribution in [0, 0.1) is 0 Å². The summed E-state index contributed by atoms with van der Waals surface area (Å²) < 4.78 is 2.26. The highest BCUT2D eigenvalue weighted by Crippen LogP contribution is 2.41. The Bertz CT molecular complexity index is 1780. The van der Waals surface area contributed by atoms with E-state index in [0.29, 0.717) is 6.54 Å². The van der Waals surface area contributed by atoms with Crippen LogP contribution in [0.1, 0.15) is 11.1 Å². The van der Waals surface area contributed by atoms with E-state index in [0.717, 1.165) is 55.7 Å². The molecule has 0 saturated carbocycles. The lowest BCUT2D eigenvalue weighted by molar-refractivity contribution is 0.978. The number of benzene rings is 3. The summed E-state index contributed by atoms with van der Waals surface area (Å²) in [6.45, 7) is 0.601. The minimum absolute atomic E-state index is 0.601. The zero-order chi connectivity index (χ0) is 22.6. The average molecular weight is 440 g/mol. The van der Waals surface area contributed by atoms with Gasteiger partial charge >= 0.3 is 0 Å². The second-order valence-corrected chi connectivity index (χ2v) is 8.62. The van der Waals surface area contributed by atoms with Crippen LogP contribution in [0.4, 0.5) is 0 Å². The molecule has 34 heavy (non-hydrogen) atoms. The molecule has 0 unspecified atom stereocenters. The van der Waals surface area contributed by atoms with E-state index >= 15 is 0 Å². The molecule has 0 atom stereocenters. The summed E-state index contributed by atoms with van der Waals surface area (Å²) in [6.07, 6.45) is 7.81. The fourth-order valence-electron chi connectivity index (χ4n) is 5.25. The van der Waals surface area contributed by atoms with E-state index in [9.17, 15) is 0 Å². The Morgan fingerprint density at radius 1 is 0.882 bits per heavy atom. The minimum Gasteiger partial charge on any atom is -0.343 e. The molecule has 0 aliphatic carbocycles. The summed E-state index contributed by atoms with van der Waals surface area (Å²) in [6, 6.07) is 23.1. The van der Waals surface area contributed by atoms with E-state index in [1.165, 1.54) is 10.9 Å². The van der Waals surface area contributed by atoms with Crippen LogP contribution in [0.15, 0.2) is 84.0 Å². The number of allylic oxidation sites excluding steroid dienone is 1. The van der Waals surface area contributed by atoms with Crippen molar-refractivity contribution in [1.29, 1.82) is 0 Å². The molecular formula is C29H21N5. The third-order valence-electron chi connectivity index (χ3n) is 6.74. The maximum absolute atomic E-state index is 5.22. The van der Waals surface area contributed by atoms with Crippen LogP contribution in [0.5, 0.6) is 0 Å². The van der Waals surface area contributed by atoms with Gasteiger partial charge in [-0.15, -0.1) is 0 Å². The van der Waals surface area contributed by atoms with Crippen molar-refractivity contribution in [3.05, 3.63) is 90.1 Å². The Balaban J connectivity index is 1.62. The van der Waals surface area contributed by atoms with Gasteiger partial charge in [-0.1, -0.05) is 54.6 Å². The normalized spacial score (nSPS) is 13.1. The zero-order valence-corrected chi connectivity index (χ0v) is 18.7. The van der Waals surface area contributed by atoms with E-state index < -0.39 is 0 Å². The fourth-order valence-corrected chi connectivity index (χ4v) is 5.25. The molecule has 4 heterocycles. The van der Waals surface area contributed by atoms with Gasteiger partial charge in [0, 0.05) is 46.9 Å². The predicted molar refractivity (Wildman–Crippen MR) is 140 cm³/mol. The fraction of sp³-hybridized carbons (Fsp3) is 0.0690. The van der Waals surface area contributed by atoms with Gasteiger partial charge in [-0.25, -0.2) is 4.98 Å². The van der Waals surface area contributed by atoms with Gasteiger partial charge in [-0.05, 0) is 29.8 Å². The highest BCUT2D eigenvalue weighted by Gasteiger charge is 2.23. The van der Waals surface area contributed by atoms with Crippen molar-refractivity contribution >= 4 is 45.1 Å². The number of hydrogen-bond donors (Lipinski definition) is 1. The third-order valence-corrected chi connectivity index (χ3v) is 6.74. The molecule has 6 aromatic rings. The highest BCUT2D eigenvalue weighted by molar-refractivity contribution is 6.11. The molecule has 0 bridgehead atoms. The molecule has 3 aromatic carbocycles. The van der Waals surface area contributed by atoms with E-state index in [2.05, 4.69) is 88.3 Å². The third kappa shape index (κ3) is 2.64. The molecule has 0 fully saturated rings. The number of imidazole rings is 1. The molecular weight excluding hydrogens is 418 g/mol. The lowest BCUT2D eigenvalue weighted by atomic mass is 10.0. The van der Waals surface area contributed by atoms with Crippen molar-refractivity contribution in [3.63, 3.8) is 0 Å². The predicted octanol–water partition coefficient (Wildman–Crippen LogP) is 6.53. The molecule has 162 valence electrons. The van der Waals surface area contributed by atoms with E-state index in [1.807, 2.05) is 24.6 Å². The average Bonchev–Trinajstić information content (AvgIpc) is 3.34. The summed E-state index contributed by atoms with van der Waals surface area (Å²) in [7, 11) is 2.13. The van der Waals surface area contributed by atoms with Crippen molar-refractivity contribution in [2.24, 2.45) is 12.0 Å². The number of para-hydroxylation sites is 1. The van der Waals surface area contributed by atoms with Crippen LogP contribution in [0.25, 0.3) is 61.6 Å². The van der Waals surface area contributed by atoms with Crippen LogP contribution in [0.2, 0.25) is 0 Å². The topological polar surface area (TPSA) is 58.9 Å². The number of nitrogens with one attached hydrogen (secondary N) is 1. The van der Waals surface area contributed by atoms with Gasteiger partial charge in [-0.3, -0.25) is 9.98 Å². The Hall–Kier alpha value is -4.51. The smallest absolute Gasteiger partial charge is 0.141 e. The van der Waals surface area contributed by atoms with Gasteiger partial charge in [0.2, 0.25) is 0 Å². The van der Waals surface area contributed by atoms with Gasteiger partial charge in [-0.2, -0.15) is 0 Å². The summed E-state index contributed by atoms with van der Waals surface area (Å²) in [5, 5.41) is 2.22. The molecule has 3 aromatic heterocycles. The SMILES string of the molecule is Cn1c(-c2ccccc2)c(-c2nc3c([nH]2)c2c(c4ncccc43)CN=CC=C2)c2ccccc21. The Kier molecular flexibility index (Phi) is 4.05. The van der Waals surface area contributed by atoms with Crippen LogP contribution in [-0.4, -0.2) is 25.7 Å². The minimum atomic E-state index is 0.601. The Morgan fingerprint density at radius 3 is 2.62 bits per heavy atom. The Morgan fingerprint density at radius 2 is 1.71 bits per heavy atom. The van der Waals surface area contributed by atoms with E-state index in [4.69, 9.17) is 9.97 Å². The van der Waals surface area contributed by atoms with Crippen molar-refractivity contribution in [1.82, 2.24) is 19.5 Å². The van der Waals surface area contributed by atoms with E-state index in [-0.39, 0.29) is 0 Å². The second-order valence-electron chi connectivity index (χ2n) is 8.62. The van der Waals surface area contributed by atoms with Crippen molar-refractivity contribution in [2.45, 2.75) is 6.54 Å². The number of H-pyrrole nitrogens is 1. The monoisotopic (exact) mass is 439 g/mol. The van der Waals surface area contributed by atoms with Crippen LogP contribution >= 0.6 is 0 Å². The van der Waals surface area contributed by atoms with E-state index in [1.54, 1.807) is 0 Å². The van der Waals surface area contributed by atoms with Crippen molar-refractivity contribution in [2.75, 3.05) is 0 Å². The molecule has 0 spiro atoms. The number of fused-ring (bicyclic) bond motifs is 7. The first kappa shape index (κ1) is 19.0. The summed E-state index contributed by atoms with van der Waals surface area (Å²) >= 11 is 0. The summed E-state index contributed by atoms with van der Waals surface area (Å²) in [5.41, 5.74) is 9.77. The molecule has 0 amide bonds. The standard InChI is InChI=1S/C29H21N5/c1-34-23-14-6-5-11-20(23)24(28(34)18-9-3-2-4-10-18)29-32-26-19-12-7-15-30-17-22(19)25-21(27(26)33-29)13-8-16-31-25/h2-16H,17H2,1H3,(H,32,33). The number of rotatable bonds is 2.